The van der Waals surface area contributed by atoms with Crippen molar-refractivity contribution in [1.29, 1.82) is 0 Å². The Bertz CT molecular complexity index is 1540. The Morgan fingerprint density at radius 3 is 2.24 bits per heavy atom. The van der Waals surface area contributed by atoms with Crippen molar-refractivity contribution >= 4 is 46.3 Å². The van der Waals surface area contributed by atoms with E-state index in [-0.39, 0.29) is 11.7 Å². The summed E-state index contributed by atoms with van der Waals surface area (Å²) in [6.07, 6.45) is 0. The van der Waals surface area contributed by atoms with Crippen LogP contribution in [-0.4, -0.2) is 59.7 Å². The highest BCUT2D eigenvalue weighted by atomic mass is 35.5. The molecule has 4 atom stereocenters. The maximum atomic E-state index is 14.6. The molecule has 3 amide bonds. The number of halogens is 1. The van der Waals surface area contributed by atoms with Crippen molar-refractivity contribution in [2.75, 3.05) is 31.5 Å². The molecule has 4 aromatic rings. The van der Waals surface area contributed by atoms with E-state index in [0.29, 0.717) is 42.5 Å². The number of para-hydroxylation sites is 1. The molecule has 0 aliphatic carbocycles. The predicted molar refractivity (Wildman–Crippen MR) is 166 cm³/mol. The van der Waals surface area contributed by atoms with Crippen LogP contribution in [0, 0.1) is 5.92 Å². The molecule has 214 valence electrons. The van der Waals surface area contributed by atoms with Crippen molar-refractivity contribution in [2.45, 2.75) is 18.0 Å². The molecule has 2 fully saturated rings. The van der Waals surface area contributed by atoms with E-state index in [1.165, 1.54) is 11.3 Å². The standard InChI is InChI=1S/C33H31ClN4O3S/c34-24-12-7-11-23(21-24)31(39)28-27(26-15-8-20-42-26)30(32(40)37-18-16-35-17-19-37)38(29(28)22-9-3-1-4-10-22)33(41)36-25-13-5-2-6-14-25/h1-15,20-21,27-30,35H,16-19H2,(H,36,41). The average Bonchev–Trinajstić information content (AvgIpc) is 3.68. The number of piperazine rings is 1. The minimum atomic E-state index is -0.899. The van der Waals surface area contributed by atoms with Crippen LogP contribution < -0.4 is 10.6 Å². The minimum absolute atomic E-state index is 0.152. The van der Waals surface area contributed by atoms with Gasteiger partial charge in [-0.05, 0) is 41.3 Å². The number of hydrogen-bond acceptors (Lipinski definition) is 5. The molecule has 0 bridgehead atoms. The molecule has 7 nitrogen and oxygen atoms in total. The number of benzene rings is 3. The number of carbonyl (C=O) groups is 3. The predicted octanol–water partition coefficient (Wildman–Crippen LogP) is 6.07. The van der Waals surface area contributed by atoms with E-state index in [1.54, 1.807) is 29.2 Å². The van der Waals surface area contributed by atoms with E-state index in [0.717, 1.165) is 10.4 Å². The third-order valence-electron chi connectivity index (χ3n) is 8.03. The van der Waals surface area contributed by atoms with Crippen LogP contribution in [0.4, 0.5) is 10.5 Å². The summed E-state index contributed by atoms with van der Waals surface area (Å²) in [6, 6.07) is 27.5. The summed E-state index contributed by atoms with van der Waals surface area (Å²) < 4.78 is 0. The molecule has 2 N–H and O–H groups in total. The number of carbonyl (C=O) groups excluding carboxylic acids is 3. The molecule has 4 unspecified atom stereocenters. The maximum absolute atomic E-state index is 14.6. The number of urea groups is 1. The molecule has 2 saturated heterocycles. The van der Waals surface area contributed by atoms with Crippen molar-refractivity contribution in [3.05, 3.63) is 123 Å². The Kier molecular flexibility index (Phi) is 8.37. The molecule has 0 radical (unpaired) electrons. The Morgan fingerprint density at radius 2 is 1.57 bits per heavy atom. The number of nitrogens with zero attached hydrogens (tertiary/aromatic N) is 2. The van der Waals surface area contributed by atoms with Gasteiger partial charge in [-0.3, -0.25) is 9.59 Å². The van der Waals surface area contributed by atoms with Crippen LogP contribution in [0.15, 0.2) is 102 Å². The first-order valence-electron chi connectivity index (χ1n) is 14.0. The number of Topliss-reactive ketones (excluding diaryl/α,β-unsaturated/α-hetero) is 1. The fourth-order valence-corrected chi connectivity index (χ4v) is 7.29. The number of ketones is 1. The molecule has 2 aliphatic heterocycles. The van der Waals surface area contributed by atoms with Gasteiger partial charge >= 0.3 is 6.03 Å². The topological polar surface area (TPSA) is 81.8 Å². The summed E-state index contributed by atoms with van der Waals surface area (Å²) in [5.74, 6) is -1.60. The molecule has 6 rings (SSSR count). The quantitative estimate of drug-likeness (QED) is 0.264. The van der Waals surface area contributed by atoms with Gasteiger partial charge in [0.1, 0.15) is 6.04 Å². The Morgan fingerprint density at radius 1 is 0.857 bits per heavy atom. The number of nitrogens with one attached hydrogen (secondary N) is 2. The average molecular weight is 599 g/mol. The number of rotatable bonds is 6. The summed E-state index contributed by atoms with van der Waals surface area (Å²) in [4.78, 5) is 47.9. The molecule has 0 spiro atoms. The molecule has 9 heteroatoms. The highest BCUT2D eigenvalue weighted by Gasteiger charge is 2.58. The maximum Gasteiger partial charge on any atom is 0.323 e. The number of amides is 3. The number of anilines is 1. The van der Waals surface area contributed by atoms with Crippen molar-refractivity contribution < 1.29 is 14.4 Å². The van der Waals surface area contributed by atoms with Gasteiger partial charge in [-0.25, -0.2) is 4.79 Å². The van der Waals surface area contributed by atoms with Gasteiger partial charge in [0, 0.05) is 53.2 Å². The van der Waals surface area contributed by atoms with Gasteiger partial charge in [0.2, 0.25) is 5.91 Å². The zero-order chi connectivity index (χ0) is 29.1. The van der Waals surface area contributed by atoms with E-state index in [4.69, 9.17) is 11.6 Å². The summed E-state index contributed by atoms with van der Waals surface area (Å²) in [5.41, 5.74) is 1.85. The molecule has 1 aromatic heterocycles. The highest BCUT2D eigenvalue weighted by molar-refractivity contribution is 7.10. The summed E-state index contributed by atoms with van der Waals surface area (Å²) in [7, 11) is 0. The summed E-state index contributed by atoms with van der Waals surface area (Å²) >= 11 is 7.85. The molecular formula is C33H31ClN4O3S. The van der Waals surface area contributed by atoms with E-state index >= 15 is 0 Å². The van der Waals surface area contributed by atoms with Crippen LogP contribution in [0.1, 0.15) is 32.8 Å². The number of thiophene rings is 1. The Hall–Kier alpha value is -3.98. The molecular weight excluding hydrogens is 568 g/mol. The zero-order valence-corrected chi connectivity index (χ0v) is 24.4. The van der Waals surface area contributed by atoms with Crippen LogP contribution >= 0.6 is 22.9 Å². The van der Waals surface area contributed by atoms with Gasteiger partial charge in [-0.1, -0.05) is 78.3 Å². The van der Waals surface area contributed by atoms with Crippen LogP contribution in [-0.2, 0) is 4.79 Å². The lowest BCUT2D eigenvalue weighted by molar-refractivity contribution is -0.136. The van der Waals surface area contributed by atoms with E-state index in [9.17, 15) is 14.4 Å². The lowest BCUT2D eigenvalue weighted by atomic mass is 9.78. The first-order valence-corrected chi connectivity index (χ1v) is 15.3. The second-order valence-corrected chi connectivity index (χ2v) is 11.9. The monoisotopic (exact) mass is 598 g/mol. The van der Waals surface area contributed by atoms with Gasteiger partial charge in [-0.15, -0.1) is 11.3 Å². The van der Waals surface area contributed by atoms with Crippen molar-refractivity contribution in [2.24, 2.45) is 5.92 Å². The van der Waals surface area contributed by atoms with Gasteiger partial charge in [0.25, 0.3) is 0 Å². The van der Waals surface area contributed by atoms with E-state index < -0.39 is 30.0 Å². The third kappa shape index (κ3) is 5.57. The summed E-state index contributed by atoms with van der Waals surface area (Å²) in [5, 5.41) is 8.73. The van der Waals surface area contributed by atoms with Gasteiger partial charge in [0.15, 0.2) is 5.78 Å². The fourth-order valence-electron chi connectivity index (χ4n) is 6.19. The zero-order valence-electron chi connectivity index (χ0n) is 22.9. The Labute approximate surface area is 254 Å². The molecule has 3 heterocycles. The van der Waals surface area contributed by atoms with Crippen LogP contribution in [0.2, 0.25) is 5.02 Å². The Balaban J connectivity index is 1.54. The number of hydrogen-bond donors (Lipinski definition) is 2. The first-order chi connectivity index (χ1) is 20.5. The van der Waals surface area contributed by atoms with Crippen molar-refractivity contribution in [1.82, 2.24) is 15.1 Å². The lowest BCUT2D eigenvalue weighted by Gasteiger charge is -2.36. The number of likely N-dealkylation sites (tertiary alicyclic amines) is 1. The summed E-state index contributed by atoms with van der Waals surface area (Å²) in [6.45, 7) is 2.41. The third-order valence-corrected chi connectivity index (χ3v) is 9.24. The SMILES string of the molecule is O=C(c1cccc(Cl)c1)C1C(c2cccs2)C(C(=O)N2CCNCC2)N(C(=O)Nc2ccccc2)C1c1ccccc1. The van der Waals surface area contributed by atoms with Crippen LogP contribution in [0.5, 0.6) is 0 Å². The van der Waals surface area contributed by atoms with E-state index in [2.05, 4.69) is 10.6 Å². The fraction of sp³-hybridized carbons (Fsp3) is 0.242. The normalized spacial score (nSPS) is 22.1. The first kappa shape index (κ1) is 28.2. The van der Waals surface area contributed by atoms with Crippen LogP contribution in [0.25, 0.3) is 0 Å². The molecule has 42 heavy (non-hydrogen) atoms. The molecule has 2 aliphatic rings. The van der Waals surface area contributed by atoms with Crippen molar-refractivity contribution in [3.8, 4) is 0 Å². The minimum Gasteiger partial charge on any atom is -0.338 e. The second-order valence-electron chi connectivity index (χ2n) is 10.5. The second kappa shape index (κ2) is 12.5. The molecule has 0 saturated carbocycles. The van der Waals surface area contributed by atoms with Crippen LogP contribution in [0.3, 0.4) is 0 Å². The molecule has 3 aromatic carbocycles. The smallest absolute Gasteiger partial charge is 0.323 e. The van der Waals surface area contributed by atoms with Gasteiger partial charge in [-0.2, -0.15) is 0 Å². The van der Waals surface area contributed by atoms with E-state index in [1.807, 2.05) is 83.1 Å². The van der Waals surface area contributed by atoms with Crippen molar-refractivity contribution in [3.63, 3.8) is 0 Å². The lowest BCUT2D eigenvalue weighted by Crippen LogP contribution is -2.55. The van der Waals surface area contributed by atoms with Gasteiger partial charge < -0.3 is 20.4 Å². The van der Waals surface area contributed by atoms with Gasteiger partial charge in [0.05, 0.1) is 12.0 Å². The highest BCUT2D eigenvalue weighted by Crippen LogP contribution is 2.52. The largest absolute Gasteiger partial charge is 0.338 e.